The van der Waals surface area contributed by atoms with Crippen LogP contribution in [-0.4, -0.2) is 52.7 Å². The Morgan fingerprint density at radius 1 is 1.64 bits per heavy atom. The van der Waals surface area contributed by atoms with E-state index < -0.39 is 6.23 Å². The molecule has 1 atom stereocenters. The van der Waals surface area contributed by atoms with E-state index in [1.807, 2.05) is 0 Å². The number of hydrogen-bond donors (Lipinski definition) is 2. The van der Waals surface area contributed by atoms with E-state index in [1.165, 1.54) is 11.2 Å². The minimum absolute atomic E-state index is 0.241. The van der Waals surface area contributed by atoms with E-state index >= 15 is 0 Å². The molecule has 2 rings (SSSR count). The molecule has 1 aromatic heterocycles. The minimum Gasteiger partial charge on any atom is -0.372 e. The predicted octanol–water partition coefficient (Wildman–Crippen LogP) is -0.750. The Morgan fingerprint density at radius 3 is 3.07 bits per heavy atom. The summed E-state index contributed by atoms with van der Waals surface area (Å²) < 4.78 is 0. The summed E-state index contributed by atoms with van der Waals surface area (Å²) in [7, 11) is 3.35. The van der Waals surface area contributed by atoms with Gasteiger partial charge in [0.05, 0.1) is 12.9 Å². The van der Waals surface area contributed by atoms with Crippen molar-refractivity contribution in [1.29, 1.82) is 0 Å². The maximum Gasteiger partial charge on any atom is 0.275 e. The molecule has 0 aromatic carbocycles. The number of H-pyrrole nitrogens is 1. The SMILES string of the molecule is CN1CC(O)N(C)C(=O)c2[nH]cnc21. The molecule has 1 unspecified atom stereocenters. The Morgan fingerprint density at radius 2 is 2.36 bits per heavy atom. The molecule has 0 fully saturated rings. The molecule has 14 heavy (non-hydrogen) atoms. The first kappa shape index (κ1) is 9.01. The second-order valence-electron chi connectivity index (χ2n) is 3.38. The molecule has 0 saturated heterocycles. The molecule has 2 heterocycles. The van der Waals surface area contributed by atoms with Crippen LogP contribution in [-0.2, 0) is 0 Å². The summed E-state index contributed by atoms with van der Waals surface area (Å²) in [6.45, 7) is 0.361. The summed E-state index contributed by atoms with van der Waals surface area (Å²) in [6, 6.07) is 0. The monoisotopic (exact) mass is 196 g/mol. The van der Waals surface area contributed by atoms with Gasteiger partial charge in [0.2, 0.25) is 0 Å². The number of fused-ring (bicyclic) bond motifs is 1. The zero-order valence-electron chi connectivity index (χ0n) is 8.06. The normalized spacial score (nSPS) is 22.2. The molecule has 76 valence electrons. The number of hydrogen-bond acceptors (Lipinski definition) is 4. The van der Waals surface area contributed by atoms with Crippen molar-refractivity contribution in [2.24, 2.45) is 0 Å². The van der Waals surface area contributed by atoms with E-state index in [1.54, 1.807) is 19.0 Å². The lowest BCUT2D eigenvalue weighted by atomic mass is 10.4. The van der Waals surface area contributed by atoms with Gasteiger partial charge in [0.1, 0.15) is 11.9 Å². The molecular weight excluding hydrogens is 184 g/mol. The van der Waals surface area contributed by atoms with Crippen LogP contribution in [0.2, 0.25) is 0 Å². The van der Waals surface area contributed by atoms with E-state index in [-0.39, 0.29) is 5.91 Å². The van der Waals surface area contributed by atoms with Gasteiger partial charge >= 0.3 is 0 Å². The standard InChI is InChI=1S/C8H12N4O2/c1-11-3-5(13)12(2)8(14)6-7(11)10-4-9-6/h4-5,13H,3H2,1-2H3,(H,9,10). The molecule has 0 saturated carbocycles. The van der Waals surface area contributed by atoms with Crippen molar-refractivity contribution < 1.29 is 9.90 Å². The number of imidazole rings is 1. The van der Waals surface area contributed by atoms with Crippen LogP contribution in [0.5, 0.6) is 0 Å². The number of aliphatic hydroxyl groups excluding tert-OH is 1. The van der Waals surface area contributed by atoms with Crippen molar-refractivity contribution in [2.75, 3.05) is 25.5 Å². The maximum atomic E-state index is 11.7. The third-order valence-corrected chi connectivity index (χ3v) is 2.40. The Hall–Kier alpha value is -1.56. The van der Waals surface area contributed by atoms with Crippen LogP contribution >= 0.6 is 0 Å². The van der Waals surface area contributed by atoms with Crippen LogP contribution in [0.4, 0.5) is 5.82 Å². The third-order valence-electron chi connectivity index (χ3n) is 2.40. The number of anilines is 1. The molecule has 0 spiro atoms. The Kier molecular flexibility index (Phi) is 1.92. The van der Waals surface area contributed by atoms with Crippen molar-refractivity contribution in [2.45, 2.75) is 6.23 Å². The lowest BCUT2D eigenvalue weighted by molar-refractivity contribution is 0.0257. The number of nitrogens with zero attached hydrogens (tertiary/aromatic N) is 3. The summed E-state index contributed by atoms with van der Waals surface area (Å²) in [5.74, 6) is 0.341. The Balaban J connectivity index is 2.47. The fourth-order valence-corrected chi connectivity index (χ4v) is 1.50. The quantitative estimate of drug-likeness (QED) is 0.572. The number of likely N-dealkylation sites (N-methyl/N-ethyl adjacent to an activating group) is 2. The molecule has 6 nitrogen and oxygen atoms in total. The van der Waals surface area contributed by atoms with E-state index in [2.05, 4.69) is 9.97 Å². The molecule has 0 bridgehead atoms. The number of carbonyl (C=O) groups excluding carboxylic acids is 1. The van der Waals surface area contributed by atoms with Gasteiger partial charge < -0.3 is 19.9 Å². The van der Waals surface area contributed by atoms with E-state index in [0.717, 1.165) is 0 Å². The van der Waals surface area contributed by atoms with Gasteiger partial charge in [-0.3, -0.25) is 4.79 Å². The molecule has 1 aromatic rings. The van der Waals surface area contributed by atoms with Crippen LogP contribution in [0.15, 0.2) is 6.33 Å². The molecule has 0 aliphatic carbocycles. The second kappa shape index (κ2) is 2.98. The average molecular weight is 196 g/mol. The van der Waals surface area contributed by atoms with Gasteiger partial charge in [-0.2, -0.15) is 0 Å². The van der Waals surface area contributed by atoms with Crippen molar-refractivity contribution in [1.82, 2.24) is 14.9 Å². The van der Waals surface area contributed by atoms with E-state index in [4.69, 9.17) is 0 Å². The number of carbonyl (C=O) groups is 1. The number of aromatic amines is 1. The fraction of sp³-hybridized carbons (Fsp3) is 0.500. The molecule has 6 heteroatoms. The number of aliphatic hydroxyl groups is 1. The first-order valence-electron chi connectivity index (χ1n) is 4.31. The number of nitrogens with one attached hydrogen (secondary N) is 1. The third kappa shape index (κ3) is 1.15. The van der Waals surface area contributed by atoms with Crippen LogP contribution in [0.3, 0.4) is 0 Å². The lowest BCUT2D eigenvalue weighted by Gasteiger charge is -2.22. The van der Waals surface area contributed by atoms with Crippen molar-refractivity contribution >= 4 is 11.7 Å². The zero-order chi connectivity index (χ0) is 10.3. The van der Waals surface area contributed by atoms with Crippen LogP contribution in [0.25, 0.3) is 0 Å². The zero-order valence-corrected chi connectivity index (χ0v) is 8.06. The number of rotatable bonds is 0. The van der Waals surface area contributed by atoms with Gasteiger partial charge in [-0.1, -0.05) is 0 Å². The van der Waals surface area contributed by atoms with Crippen molar-refractivity contribution in [3.8, 4) is 0 Å². The lowest BCUT2D eigenvalue weighted by Crippen LogP contribution is -2.40. The molecule has 1 aliphatic rings. The highest BCUT2D eigenvalue weighted by Crippen LogP contribution is 2.20. The van der Waals surface area contributed by atoms with E-state index in [0.29, 0.717) is 18.1 Å². The van der Waals surface area contributed by atoms with Crippen molar-refractivity contribution in [3.05, 3.63) is 12.0 Å². The molecule has 1 aliphatic heterocycles. The summed E-state index contributed by atoms with van der Waals surface area (Å²) >= 11 is 0. The molecule has 0 radical (unpaired) electrons. The highest BCUT2D eigenvalue weighted by atomic mass is 16.3. The molecular formula is C8H12N4O2. The molecule has 1 amide bonds. The van der Waals surface area contributed by atoms with Gasteiger partial charge in [-0.15, -0.1) is 0 Å². The summed E-state index contributed by atoms with van der Waals surface area (Å²) in [5.41, 5.74) is 0.423. The van der Waals surface area contributed by atoms with Gasteiger partial charge in [0, 0.05) is 14.1 Å². The van der Waals surface area contributed by atoms with Crippen LogP contribution in [0, 0.1) is 0 Å². The second-order valence-corrected chi connectivity index (χ2v) is 3.38. The summed E-state index contributed by atoms with van der Waals surface area (Å²) in [5, 5.41) is 9.61. The average Bonchev–Trinajstić information content (AvgIpc) is 2.60. The van der Waals surface area contributed by atoms with Crippen molar-refractivity contribution in [3.63, 3.8) is 0 Å². The number of aromatic nitrogens is 2. The topological polar surface area (TPSA) is 72.5 Å². The first-order chi connectivity index (χ1) is 6.61. The van der Waals surface area contributed by atoms with Crippen LogP contribution < -0.4 is 4.90 Å². The summed E-state index contributed by atoms with van der Waals surface area (Å²) in [4.78, 5) is 21.6. The van der Waals surface area contributed by atoms with E-state index in [9.17, 15) is 9.90 Å². The fourth-order valence-electron chi connectivity index (χ4n) is 1.50. The summed E-state index contributed by atoms with van der Waals surface area (Å²) in [6.07, 6.45) is 0.681. The Labute approximate surface area is 81.2 Å². The minimum atomic E-state index is -0.796. The Bertz CT molecular complexity index is 362. The maximum absolute atomic E-state index is 11.7. The predicted molar refractivity (Wildman–Crippen MR) is 50.0 cm³/mol. The van der Waals surface area contributed by atoms with Gasteiger partial charge in [-0.25, -0.2) is 4.98 Å². The number of β-amino-alcohol motifs (C(OH)–C–C–N with tert-alkyl or cyclic N) is 1. The van der Waals surface area contributed by atoms with Gasteiger partial charge in [-0.05, 0) is 0 Å². The largest absolute Gasteiger partial charge is 0.372 e. The molecule has 2 N–H and O–H groups in total. The number of amides is 1. The van der Waals surface area contributed by atoms with Gasteiger partial charge in [0.25, 0.3) is 5.91 Å². The first-order valence-corrected chi connectivity index (χ1v) is 4.31. The smallest absolute Gasteiger partial charge is 0.275 e. The highest BCUT2D eigenvalue weighted by Gasteiger charge is 2.29. The van der Waals surface area contributed by atoms with Crippen LogP contribution in [0.1, 0.15) is 10.5 Å². The highest BCUT2D eigenvalue weighted by molar-refractivity contribution is 5.97. The van der Waals surface area contributed by atoms with Gasteiger partial charge in [0.15, 0.2) is 5.82 Å².